The summed E-state index contributed by atoms with van der Waals surface area (Å²) in [6.07, 6.45) is -3.56. The van der Waals surface area contributed by atoms with Crippen molar-refractivity contribution in [2.75, 3.05) is 0 Å². The third-order valence-corrected chi connectivity index (χ3v) is 2.63. The lowest BCUT2D eigenvalue weighted by Crippen LogP contribution is -2.26. The van der Waals surface area contributed by atoms with Crippen LogP contribution in [0.2, 0.25) is 0 Å². The van der Waals surface area contributed by atoms with Gasteiger partial charge >= 0.3 is 5.69 Å². The Balaban J connectivity index is 3.11. The van der Waals surface area contributed by atoms with Crippen LogP contribution in [0.3, 0.4) is 0 Å². The Morgan fingerprint density at radius 1 is 1.53 bits per heavy atom. The molecular formula is C11H13FN2O5. The fourth-order valence-electron chi connectivity index (χ4n) is 1.67. The van der Waals surface area contributed by atoms with E-state index in [0.717, 1.165) is 12.1 Å². The van der Waals surface area contributed by atoms with E-state index in [-0.39, 0.29) is 11.1 Å². The fourth-order valence-corrected chi connectivity index (χ4v) is 1.67. The van der Waals surface area contributed by atoms with Crippen LogP contribution < -0.4 is 5.73 Å². The maximum atomic E-state index is 13.4. The van der Waals surface area contributed by atoms with E-state index in [9.17, 15) is 29.5 Å². The summed E-state index contributed by atoms with van der Waals surface area (Å²) in [4.78, 5) is 20.3. The molecule has 1 aromatic carbocycles. The molecule has 8 heteroatoms. The van der Waals surface area contributed by atoms with E-state index in [2.05, 4.69) is 0 Å². The fraction of sp³-hybridized carbons (Fsp3) is 0.364. The van der Waals surface area contributed by atoms with E-state index >= 15 is 0 Å². The number of rotatable bonds is 5. The zero-order valence-corrected chi connectivity index (χ0v) is 10.0. The molecule has 0 aliphatic heterocycles. The van der Waals surface area contributed by atoms with Crippen molar-refractivity contribution in [3.8, 4) is 0 Å². The highest BCUT2D eigenvalue weighted by atomic mass is 19.1. The molecular weight excluding hydrogens is 259 g/mol. The van der Waals surface area contributed by atoms with Crippen molar-refractivity contribution in [3.63, 3.8) is 0 Å². The van der Waals surface area contributed by atoms with Crippen molar-refractivity contribution in [3.05, 3.63) is 39.2 Å². The number of nitrogens with zero attached hydrogens (tertiary/aromatic N) is 1. The van der Waals surface area contributed by atoms with Gasteiger partial charge < -0.3 is 15.9 Å². The lowest BCUT2D eigenvalue weighted by molar-refractivity contribution is -0.387. The summed E-state index contributed by atoms with van der Waals surface area (Å²) in [6, 6.07) is 1.72. The molecule has 0 aliphatic carbocycles. The molecule has 2 atom stereocenters. The summed E-state index contributed by atoms with van der Waals surface area (Å²) >= 11 is 0. The van der Waals surface area contributed by atoms with Crippen LogP contribution in [-0.4, -0.2) is 27.1 Å². The van der Waals surface area contributed by atoms with Crippen molar-refractivity contribution >= 4 is 11.6 Å². The predicted octanol–water partition coefficient (Wildman–Crippen LogP) is 0.312. The molecule has 0 radical (unpaired) electrons. The number of benzene rings is 1. The van der Waals surface area contributed by atoms with Crippen molar-refractivity contribution in [1.29, 1.82) is 0 Å². The van der Waals surface area contributed by atoms with E-state index in [1.54, 1.807) is 0 Å². The van der Waals surface area contributed by atoms with Crippen molar-refractivity contribution < 1.29 is 24.3 Å². The quantitative estimate of drug-likeness (QED) is 0.525. The van der Waals surface area contributed by atoms with Crippen LogP contribution in [0.25, 0.3) is 0 Å². The Morgan fingerprint density at radius 2 is 2.11 bits per heavy atom. The molecule has 0 bridgehead atoms. The minimum absolute atomic E-state index is 0.0307. The number of aryl methyl sites for hydroxylation is 1. The molecule has 1 aromatic rings. The molecule has 0 spiro atoms. The summed E-state index contributed by atoms with van der Waals surface area (Å²) in [5, 5.41) is 29.8. The molecule has 104 valence electrons. The molecule has 0 saturated heterocycles. The zero-order chi connectivity index (χ0) is 14.7. The third-order valence-electron chi connectivity index (χ3n) is 2.63. The van der Waals surface area contributed by atoms with Gasteiger partial charge in [-0.05, 0) is 24.1 Å². The van der Waals surface area contributed by atoms with Crippen LogP contribution in [0.5, 0.6) is 0 Å². The first kappa shape index (κ1) is 15.0. The standard InChI is InChI=1S/C11H13FN2O5/c1-5-2-8(14(18)19)7(12)3-6(5)11(17)9(15)4-10(13)16/h2-3,9,11,15,17H,4H2,1H3,(H2,13,16). The number of aliphatic hydroxyl groups excluding tert-OH is 2. The number of nitro groups is 1. The monoisotopic (exact) mass is 272 g/mol. The highest BCUT2D eigenvalue weighted by Crippen LogP contribution is 2.28. The SMILES string of the molecule is Cc1cc([N+](=O)[O-])c(F)cc1C(O)C(O)CC(N)=O. The zero-order valence-electron chi connectivity index (χ0n) is 10.0. The number of aliphatic hydroxyl groups is 2. The molecule has 0 heterocycles. The summed E-state index contributed by atoms with van der Waals surface area (Å²) in [5.74, 6) is -1.96. The minimum Gasteiger partial charge on any atom is -0.390 e. The number of nitrogens with two attached hydrogens (primary N) is 1. The second-order valence-corrected chi connectivity index (χ2v) is 4.10. The van der Waals surface area contributed by atoms with E-state index in [4.69, 9.17) is 5.73 Å². The van der Waals surface area contributed by atoms with Crippen LogP contribution in [0.15, 0.2) is 12.1 Å². The summed E-state index contributed by atoms with van der Waals surface area (Å²) in [5.41, 5.74) is 4.34. The van der Waals surface area contributed by atoms with Gasteiger partial charge in [0.25, 0.3) is 0 Å². The van der Waals surface area contributed by atoms with Crippen LogP contribution in [0.1, 0.15) is 23.7 Å². The molecule has 7 nitrogen and oxygen atoms in total. The number of halogens is 1. The molecule has 1 amide bonds. The number of amides is 1. The van der Waals surface area contributed by atoms with Gasteiger partial charge in [0, 0.05) is 6.07 Å². The molecule has 0 fully saturated rings. The summed E-state index contributed by atoms with van der Waals surface area (Å²) in [7, 11) is 0. The molecule has 0 aromatic heterocycles. The topological polar surface area (TPSA) is 127 Å². The van der Waals surface area contributed by atoms with Gasteiger partial charge in [-0.1, -0.05) is 0 Å². The summed E-state index contributed by atoms with van der Waals surface area (Å²) in [6.45, 7) is 1.42. The van der Waals surface area contributed by atoms with Gasteiger partial charge in [0.05, 0.1) is 17.4 Å². The van der Waals surface area contributed by atoms with Crippen LogP contribution >= 0.6 is 0 Å². The lowest BCUT2D eigenvalue weighted by atomic mass is 9.97. The third kappa shape index (κ3) is 3.46. The second-order valence-electron chi connectivity index (χ2n) is 4.10. The average Bonchev–Trinajstić information content (AvgIpc) is 2.29. The largest absolute Gasteiger partial charge is 0.390 e. The molecule has 0 aliphatic rings. The number of primary amides is 1. The average molecular weight is 272 g/mol. The highest BCUT2D eigenvalue weighted by Gasteiger charge is 2.25. The molecule has 0 saturated carbocycles. The van der Waals surface area contributed by atoms with Gasteiger partial charge in [0.1, 0.15) is 6.10 Å². The number of carbonyl (C=O) groups is 1. The molecule has 19 heavy (non-hydrogen) atoms. The van der Waals surface area contributed by atoms with Crippen molar-refractivity contribution in [1.82, 2.24) is 0 Å². The smallest absolute Gasteiger partial charge is 0.305 e. The molecule has 2 unspecified atom stereocenters. The van der Waals surface area contributed by atoms with Gasteiger partial charge in [0.15, 0.2) is 0 Å². The van der Waals surface area contributed by atoms with Gasteiger partial charge in [0.2, 0.25) is 11.7 Å². The second kappa shape index (κ2) is 5.72. The first-order valence-electron chi connectivity index (χ1n) is 5.33. The van der Waals surface area contributed by atoms with Crippen molar-refractivity contribution in [2.24, 2.45) is 5.73 Å². The normalized spacial score (nSPS) is 13.9. The van der Waals surface area contributed by atoms with Gasteiger partial charge in [-0.3, -0.25) is 14.9 Å². The van der Waals surface area contributed by atoms with Gasteiger partial charge in [-0.25, -0.2) is 0 Å². The Hall–Kier alpha value is -2.06. The predicted molar refractivity (Wildman–Crippen MR) is 62.6 cm³/mol. The van der Waals surface area contributed by atoms with Crippen LogP contribution in [0.4, 0.5) is 10.1 Å². The van der Waals surface area contributed by atoms with Gasteiger partial charge in [-0.2, -0.15) is 4.39 Å². The Morgan fingerprint density at radius 3 is 2.58 bits per heavy atom. The number of hydrogen-bond donors (Lipinski definition) is 3. The highest BCUT2D eigenvalue weighted by molar-refractivity contribution is 5.74. The van der Waals surface area contributed by atoms with Crippen LogP contribution in [0, 0.1) is 22.9 Å². The number of nitro benzene ring substituents is 1. The Bertz CT molecular complexity index is 520. The van der Waals surface area contributed by atoms with E-state index in [1.165, 1.54) is 6.92 Å². The number of hydrogen-bond acceptors (Lipinski definition) is 5. The molecule has 4 N–H and O–H groups in total. The molecule has 1 rings (SSSR count). The van der Waals surface area contributed by atoms with Crippen molar-refractivity contribution in [2.45, 2.75) is 25.6 Å². The Labute approximate surface area is 107 Å². The minimum atomic E-state index is -1.55. The number of carbonyl (C=O) groups excluding carboxylic acids is 1. The van der Waals surface area contributed by atoms with Crippen LogP contribution in [-0.2, 0) is 4.79 Å². The lowest BCUT2D eigenvalue weighted by Gasteiger charge is -2.18. The van der Waals surface area contributed by atoms with E-state index in [1.807, 2.05) is 0 Å². The first-order valence-corrected chi connectivity index (χ1v) is 5.33. The van der Waals surface area contributed by atoms with Gasteiger partial charge in [-0.15, -0.1) is 0 Å². The summed E-state index contributed by atoms with van der Waals surface area (Å²) < 4.78 is 13.4. The Kier molecular flexibility index (Phi) is 4.52. The first-order chi connectivity index (χ1) is 8.73. The maximum Gasteiger partial charge on any atom is 0.305 e. The van der Waals surface area contributed by atoms with E-state index < -0.39 is 41.0 Å². The maximum absolute atomic E-state index is 13.4. The van der Waals surface area contributed by atoms with E-state index in [0.29, 0.717) is 0 Å².